The highest BCUT2D eigenvalue weighted by Crippen LogP contribution is 2.24. The molecule has 1 aliphatic heterocycles. The topological polar surface area (TPSA) is 74.3 Å². The molecule has 0 aliphatic carbocycles. The van der Waals surface area contributed by atoms with Gasteiger partial charge in [0.25, 0.3) is 5.91 Å². The third-order valence-corrected chi connectivity index (χ3v) is 6.25. The first-order valence-corrected chi connectivity index (χ1v) is 11.4. The highest BCUT2D eigenvalue weighted by molar-refractivity contribution is 7.14. The third-order valence-electron chi connectivity index (χ3n) is 5.49. The van der Waals surface area contributed by atoms with Crippen molar-refractivity contribution < 1.29 is 9.59 Å². The number of carbonyl (C=O) groups is 2. The Labute approximate surface area is 186 Å². The summed E-state index contributed by atoms with van der Waals surface area (Å²) in [4.78, 5) is 31.2. The maximum Gasteiger partial charge on any atom is 0.325 e. The Morgan fingerprint density at radius 3 is 2.58 bits per heavy atom. The number of anilines is 2. The second kappa shape index (κ2) is 9.75. The van der Waals surface area contributed by atoms with Gasteiger partial charge in [0.15, 0.2) is 5.13 Å². The second-order valence-electron chi connectivity index (χ2n) is 7.91. The molecule has 31 heavy (non-hydrogen) atoms. The Balaban J connectivity index is 1.28. The van der Waals surface area contributed by atoms with E-state index >= 15 is 0 Å². The summed E-state index contributed by atoms with van der Waals surface area (Å²) >= 11 is 1.26. The van der Waals surface area contributed by atoms with Crippen molar-refractivity contribution in [2.75, 3.05) is 23.7 Å². The van der Waals surface area contributed by atoms with Crippen LogP contribution in [-0.2, 0) is 6.42 Å². The number of aryl methyl sites for hydroxylation is 1. The summed E-state index contributed by atoms with van der Waals surface area (Å²) in [5, 5.41) is 7.61. The second-order valence-corrected chi connectivity index (χ2v) is 8.77. The molecule has 4 rings (SSSR count). The van der Waals surface area contributed by atoms with E-state index in [0.29, 0.717) is 22.4 Å². The average Bonchev–Trinajstić information content (AvgIpc) is 3.23. The lowest BCUT2D eigenvalue weighted by Gasteiger charge is -2.31. The first kappa shape index (κ1) is 21.1. The molecule has 2 heterocycles. The fourth-order valence-electron chi connectivity index (χ4n) is 3.86. The molecule has 1 aliphatic rings. The van der Waals surface area contributed by atoms with Crippen molar-refractivity contribution in [1.29, 1.82) is 0 Å². The zero-order valence-corrected chi connectivity index (χ0v) is 18.3. The molecular weight excluding hydrogens is 408 g/mol. The zero-order valence-electron chi connectivity index (χ0n) is 17.5. The monoisotopic (exact) mass is 434 g/mol. The van der Waals surface area contributed by atoms with Crippen LogP contribution >= 0.6 is 11.3 Å². The average molecular weight is 435 g/mol. The molecule has 0 saturated carbocycles. The summed E-state index contributed by atoms with van der Waals surface area (Å²) < 4.78 is 0. The molecular formula is C24H26N4O2S. The molecule has 0 spiro atoms. The molecule has 160 valence electrons. The van der Waals surface area contributed by atoms with Crippen LogP contribution in [0.5, 0.6) is 0 Å². The van der Waals surface area contributed by atoms with E-state index < -0.39 is 0 Å². The van der Waals surface area contributed by atoms with Gasteiger partial charge in [-0.3, -0.25) is 10.1 Å². The molecule has 7 heteroatoms. The van der Waals surface area contributed by atoms with E-state index in [1.54, 1.807) is 5.38 Å². The summed E-state index contributed by atoms with van der Waals surface area (Å²) in [6.07, 6.45) is 3.05. The predicted molar refractivity (Wildman–Crippen MR) is 125 cm³/mol. The van der Waals surface area contributed by atoms with Gasteiger partial charge >= 0.3 is 6.03 Å². The van der Waals surface area contributed by atoms with E-state index in [0.717, 1.165) is 37.9 Å². The minimum absolute atomic E-state index is 0.0680. The maximum absolute atomic E-state index is 12.8. The largest absolute Gasteiger partial charge is 0.337 e. The van der Waals surface area contributed by atoms with Gasteiger partial charge in [0, 0.05) is 24.2 Å². The number of amides is 3. The van der Waals surface area contributed by atoms with Gasteiger partial charge < -0.3 is 10.2 Å². The number of hydrogen-bond acceptors (Lipinski definition) is 4. The molecule has 0 bridgehead atoms. The van der Waals surface area contributed by atoms with Crippen molar-refractivity contribution >= 4 is 34.1 Å². The summed E-state index contributed by atoms with van der Waals surface area (Å²) in [6.45, 7) is 3.45. The Hall–Kier alpha value is -3.19. The van der Waals surface area contributed by atoms with Crippen LogP contribution in [0.4, 0.5) is 15.6 Å². The lowest BCUT2D eigenvalue weighted by atomic mass is 9.90. The van der Waals surface area contributed by atoms with Crippen molar-refractivity contribution in [2.24, 2.45) is 5.92 Å². The molecule has 0 atom stereocenters. The number of likely N-dealkylation sites (tertiary alicyclic amines) is 1. The van der Waals surface area contributed by atoms with Crippen LogP contribution in [0.15, 0.2) is 60.0 Å². The number of urea groups is 1. The van der Waals surface area contributed by atoms with Crippen LogP contribution in [0.3, 0.4) is 0 Å². The molecule has 1 saturated heterocycles. The van der Waals surface area contributed by atoms with Gasteiger partial charge in [-0.15, -0.1) is 11.3 Å². The van der Waals surface area contributed by atoms with E-state index in [-0.39, 0.29) is 11.9 Å². The zero-order chi connectivity index (χ0) is 21.6. The Morgan fingerprint density at radius 1 is 1.06 bits per heavy atom. The molecule has 2 N–H and O–H groups in total. The number of nitrogens with zero attached hydrogens (tertiary/aromatic N) is 2. The van der Waals surface area contributed by atoms with Gasteiger partial charge in [0.2, 0.25) is 0 Å². The highest BCUT2D eigenvalue weighted by atomic mass is 32.1. The van der Waals surface area contributed by atoms with Crippen molar-refractivity contribution in [2.45, 2.75) is 26.2 Å². The Bertz CT molecular complexity index is 1040. The van der Waals surface area contributed by atoms with Crippen molar-refractivity contribution in [3.05, 3.63) is 76.8 Å². The van der Waals surface area contributed by atoms with Crippen LogP contribution in [0, 0.1) is 12.8 Å². The highest BCUT2D eigenvalue weighted by Gasteiger charge is 2.25. The predicted octanol–water partition coefficient (Wildman–Crippen LogP) is 5.19. The van der Waals surface area contributed by atoms with Crippen LogP contribution in [-0.4, -0.2) is 34.9 Å². The fraction of sp³-hybridized carbons (Fsp3) is 0.292. The standard InChI is InChI=1S/C24H26N4O2S/c1-17-6-5-9-20(14-17)25-23(30)27-24-26-21(16-31-24)22(29)28-12-10-19(11-13-28)15-18-7-3-2-4-8-18/h2-9,14,16,19H,10-13,15H2,1H3,(H2,25,26,27,30). The smallest absolute Gasteiger partial charge is 0.325 e. The Kier molecular flexibility index (Phi) is 6.62. The minimum Gasteiger partial charge on any atom is -0.337 e. The van der Waals surface area contributed by atoms with Gasteiger partial charge in [-0.25, -0.2) is 9.78 Å². The van der Waals surface area contributed by atoms with E-state index in [4.69, 9.17) is 0 Å². The van der Waals surface area contributed by atoms with Crippen LogP contribution in [0.25, 0.3) is 0 Å². The van der Waals surface area contributed by atoms with E-state index in [2.05, 4.69) is 39.9 Å². The minimum atomic E-state index is -0.374. The molecule has 1 aromatic heterocycles. The summed E-state index contributed by atoms with van der Waals surface area (Å²) in [7, 11) is 0. The van der Waals surface area contributed by atoms with Gasteiger partial charge in [-0.05, 0) is 55.4 Å². The quantitative estimate of drug-likeness (QED) is 0.580. The number of carbonyl (C=O) groups excluding carboxylic acids is 2. The van der Waals surface area contributed by atoms with Crippen LogP contribution < -0.4 is 10.6 Å². The van der Waals surface area contributed by atoms with E-state index in [1.165, 1.54) is 16.9 Å². The number of hydrogen-bond donors (Lipinski definition) is 2. The lowest BCUT2D eigenvalue weighted by molar-refractivity contribution is 0.0685. The van der Waals surface area contributed by atoms with Crippen LogP contribution in [0.1, 0.15) is 34.5 Å². The van der Waals surface area contributed by atoms with Gasteiger partial charge in [0.05, 0.1) is 0 Å². The molecule has 1 fully saturated rings. The number of piperidine rings is 1. The molecule has 0 radical (unpaired) electrons. The van der Waals surface area contributed by atoms with Crippen molar-refractivity contribution in [3.8, 4) is 0 Å². The number of nitrogens with one attached hydrogen (secondary N) is 2. The summed E-state index contributed by atoms with van der Waals surface area (Å²) in [6, 6.07) is 17.7. The number of rotatable bonds is 5. The fourth-order valence-corrected chi connectivity index (χ4v) is 4.54. The van der Waals surface area contributed by atoms with Gasteiger partial charge in [-0.2, -0.15) is 0 Å². The molecule has 6 nitrogen and oxygen atoms in total. The molecule has 2 aromatic carbocycles. The number of benzene rings is 2. The molecule has 0 unspecified atom stereocenters. The normalized spacial score (nSPS) is 14.3. The SMILES string of the molecule is Cc1cccc(NC(=O)Nc2nc(C(=O)N3CCC(Cc4ccccc4)CC3)cs2)c1. The number of thiazole rings is 1. The summed E-state index contributed by atoms with van der Waals surface area (Å²) in [5.74, 6) is 0.533. The lowest BCUT2D eigenvalue weighted by Crippen LogP contribution is -2.39. The van der Waals surface area contributed by atoms with Crippen molar-refractivity contribution in [1.82, 2.24) is 9.88 Å². The van der Waals surface area contributed by atoms with Gasteiger partial charge in [-0.1, -0.05) is 42.5 Å². The summed E-state index contributed by atoms with van der Waals surface area (Å²) in [5.41, 5.74) is 3.51. The van der Waals surface area contributed by atoms with E-state index in [9.17, 15) is 9.59 Å². The first-order chi connectivity index (χ1) is 15.1. The third kappa shape index (κ3) is 5.70. The van der Waals surface area contributed by atoms with E-state index in [1.807, 2.05) is 42.2 Å². The Morgan fingerprint density at radius 2 is 1.84 bits per heavy atom. The van der Waals surface area contributed by atoms with Crippen molar-refractivity contribution in [3.63, 3.8) is 0 Å². The molecule has 3 aromatic rings. The molecule has 3 amide bonds. The first-order valence-electron chi connectivity index (χ1n) is 10.5. The van der Waals surface area contributed by atoms with Crippen LogP contribution in [0.2, 0.25) is 0 Å². The maximum atomic E-state index is 12.8. The number of aromatic nitrogens is 1. The van der Waals surface area contributed by atoms with Gasteiger partial charge in [0.1, 0.15) is 5.69 Å².